The molecule has 0 atom stereocenters. The molecule has 2 rings (SSSR count). The smallest absolute Gasteiger partial charge is 0.241 e. The Kier molecular flexibility index (Phi) is 7.28. The fourth-order valence-electron chi connectivity index (χ4n) is 2.05. The van der Waals surface area contributed by atoms with Crippen LogP contribution in [0.25, 0.3) is 0 Å². The van der Waals surface area contributed by atoms with E-state index in [1.165, 1.54) is 4.88 Å². The van der Waals surface area contributed by atoms with Gasteiger partial charge in [0.1, 0.15) is 0 Å². The lowest BCUT2D eigenvalue weighted by Gasteiger charge is -2.14. The van der Waals surface area contributed by atoms with Crippen LogP contribution < -0.4 is 10.6 Å². The number of aryl methyl sites for hydroxylation is 1. The predicted molar refractivity (Wildman–Crippen MR) is 105 cm³/mol. The number of nitrogens with zero attached hydrogens (tertiary/aromatic N) is 2. The van der Waals surface area contributed by atoms with Crippen molar-refractivity contribution in [2.24, 2.45) is 4.99 Å². The Morgan fingerprint density at radius 2 is 2.08 bits per heavy atom. The fraction of sp³-hybridized carbons (Fsp3) is 0.333. The van der Waals surface area contributed by atoms with Crippen LogP contribution in [-0.2, 0) is 17.9 Å². The molecule has 0 saturated heterocycles. The van der Waals surface area contributed by atoms with E-state index >= 15 is 0 Å². The van der Waals surface area contributed by atoms with Crippen molar-refractivity contribution < 1.29 is 4.79 Å². The van der Waals surface area contributed by atoms with Crippen LogP contribution in [0.15, 0.2) is 40.7 Å². The number of hydrogen-bond donors (Lipinski definition) is 2. The average molecular weight is 379 g/mol. The van der Waals surface area contributed by atoms with Gasteiger partial charge in [0.25, 0.3) is 0 Å². The summed E-state index contributed by atoms with van der Waals surface area (Å²) in [6.07, 6.45) is 0. The van der Waals surface area contributed by atoms with Crippen molar-refractivity contribution in [3.05, 3.63) is 56.7 Å². The van der Waals surface area contributed by atoms with Gasteiger partial charge in [0, 0.05) is 24.0 Å². The number of aliphatic imine (C=N–C) groups is 1. The van der Waals surface area contributed by atoms with Gasteiger partial charge in [0.2, 0.25) is 5.91 Å². The molecule has 0 aliphatic heterocycles. The third-order valence-electron chi connectivity index (χ3n) is 3.56. The first-order valence-electron chi connectivity index (χ1n) is 7.95. The molecule has 5 nitrogen and oxygen atoms in total. The molecule has 0 aliphatic carbocycles. The average Bonchev–Trinajstić information content (AvgIpc) is 3.10. The minimum Gasteiger partial charge on any atom is -0.351 e. The number of nitrogens with one attached hydrogen (secondary N) is 2. The standard InChI is InChI=1S/C18H23ClN4OS/c1-13-9-14(6-7-16(13)19)10-20-18(22-12-17(24)23(2)3)21-11-15-5-4-8-25-15/h4-9H,10-12H2,1-3H3,(H2,20,21,22). The summed E-state index contributed by atoms with van der Waals surface area (Å²) >= 11 is 7.74. The van der Waals surface area contributed by atoms with Crippen LogP contribution in [-0.4, -0.2) is 37.4 Å². The second kappa shape index (κ2) is 9.44. The van der Waals surface area contributed by atoms with Crippen molar-refractivity contribution in [1.82, 2.24) is 15.5 Å². The molecule has 0 spiro atoms. The molecular formula is C18H23ClN4OS. The van der Waals surface area contributed by atoms with Crippen molar-refractivity contribution in [2.75, 3.05) is 20.6 Å². The van der Waals surface area contributed by atoms with Crippen molar-refractivity contribution >= 4 is 34.8 Å². The van der Waals surface area contributed by atoms with Gasteiger partial charge in [-0.3, -0.25) is 4.79 Å². The van der Waals surface area contributed by atoms with E-state index in [4.69, 9.17) is 11.6 Å². The van der Waals surface area contributed by atoms with Crippen LogP contribution in [0.5, 0.6) is 0 Å². The second-order valence-electron chi connectivity index (χ2n) is 5.82. The quantitative estimate of drug-likeness (QED) is 0.600. The molecule has 2 N–H and O–H groups in total. The molecule has 2 aromatic rings. The summed E-state index contributed by atoms with van der Waals surface area (Å²) in [5, 5.41) is 9.13. The Morgan fingerprint density at radius 3 is 2.72 bits per heavy atom. The highest BCUT2D eigenvalue weighted by Crippen LogP contribution is 2.16. The number of thiophene rings is 1. The molecule has 0 bridgehead atoms. The Labute approximate surface area is 157 Å². The van der Waals surface area contributed by atoms with E-state index < -0.39 is 0 Å². The van der Waals surface area contributed by atoms with Gasteiger partial charge in [0.05, 0.1) is 19.6 Å². The molecule has 0 aliphatic rings. The topological polar surface area (TPSA) is 56.7 Å². The molecule has 1 heterocycles. The minimum atomic E-state index is -0.00652. The van der Waals surface area contributed by atoms with Crippen LogP contribution in [0.2, 0.25) is 5.02 Å². The lowest BCUT2D eigenvalue weighted by molar-refractivity contribution is -0.127. The van der Waals surface area contributed by atoms with E-state index in [1.807, 2.05) is 36.6 Å². The van der Waals surface area contributed by atoms with E-state index in [9.17, 15) is 4.79 Å². The molecule has 1 amide bonds. The number of likely N-dealkylation sites (N-methyl/N-ethyl adjacent to an activating group) is 1. The SMILES string of the molecule is Cc1cc(CN=C(NCC(=O)N(C)C)NCc2cccs2)ccc1Cl. The van der Waals surface area contributed by atoms with Gasteiger partial charge in [-0.05, 0) is 35.6 Å². The van der Waals surface area contributed by atoms with Crippen molar-refractivity contribution in [3.8, 4) is 0 Å². The van der Waals surface area contributed by atoms with E-state index in [-0.39, 0.29) is 12.5 Å². The number of guanidine groups is 1. The van der Waals surface area contributed by atoms with E-state index in [0.29, 0.717) is 19.0 Å². The number of benzene rings is 1. The largest absolute Gasteiger partial charge is 0.351 e. The highest BCUT2D eigenvalue weighted by atomic mass is 35.5. The maximum atomic E-state index is 11.8. The van der Waals surface area contributed by atoms with Crippen LogP contribution in [0.1, 0.15) is 16.0 Å². The number of hydrogen-bond acceptors (Lipinski definition) is 3. The highest BCUT2D eigenvalue weighted by Gasteiger charge is 2.06. The molecule has 1 aromatic carbocycles. The summed E-state index contributed by atoms with van der Waals surface area (Å²) in [5.74, 6) is 0.601. The monoisotopic (exact) mass is 378 g/mol. The molecule has 0 fully saturated rings. The molecule has 0 unspecified atom stereocenters. The Hall–Kier alpha value is -2.05. The molecule has 1 aromatic heterocycles. The molecular weight excluding hydrogens is 356 g/mol. The number of carbonyl (C=O) groups is 1. The van der Waals surface area contributed by atoms with Crippen LogP contribution >= 0.6 is 22.9 Å². The van der Waals surface area contributed by atoms with E-state index in [1.54, 1.807) is 30.3 Å². The maximum Gasteiger partial charge on any atom is 0.241 e. The summed E-state index contributed by atoms with van der Waals surface area (Å²) in [6, 6.07) is 9.93. The molecule has 0 saturated carbocycles. The maximum absolute atomic E-state index is 11.8. The van der Waals surface area contributed by atoms with Gasteiger partial charge < -0.3 is 15.5 Å². The Bertz CT molecular complexity index is 729. The molecule has 25 heavy (non-hydrogen) atoms. The Balaban J connectivity index is 2.02. The van der Waals surface area contributed by atoms with E-state index in [0.717, 1.165) is 16.1 Å². The molecule has 7 heteroatoms. The molecule has 134 valence electrons. The predicted octanol–water partition coefficient (Wildman–Crippen LogP) is 3.03. The molecule has 0 radical (unpaired) electrons. The zero-order chi connectivity index (χ0) is 18.2. The normalized spacial score (nSPS) is 11.3. The van der Waals surface area contributed by atoms with Crippen molar-refractivity contribution in [2.45, 2.75) is 20.0 Å². The van der Waals surface area contributed by atoms with Gasteiger partial charge in [-0.25, -0.2) is 4.99 Å². The third-order valence-corrected chi connectivity index (χ3v) is 4.86. The summed E-state index contributed by atoms with van der Waals surface area (Å²) in [6.45, 7) is 3.34. The van der Waals surface area contributed by atoms with Crippen molar-refractivity contribution in [3.63, 3.8) is 0 Å². The van der Waals surface area contributed by atoms with Crippen LogP contribution in [0.4, 0.5) is 0 Å². The second-order valence-corrected chi connectivity index (χ2v) is 7.26. The number of halogens is 1. The first-order chi connectivity index (χ1) is 12.0. The van der Waals surface area contributed by atoms with Crippen LogP contribution in [0, 0.1) is 6.92 Å². The van der Waals surface area contributed by atoms with Crippen LogP contribution in [0.3, 0.4) is 0 Å². The first kappa shape index (κ1) is 19.3. The zero-order valence-corrected chi connectivity index (χ0v) is 16.2. The number of amides is 1. The van der Waals surface area contributed by atoms with Gasteiger partial charge >= 0.3 is 0 Å². The summed E-state index contributed by atoms with van der Waals surface area (Å²) in [5.41, 5.74) is 2.09. The lowest BCUT2D eigenvalue weighted by atomic mass is 10.1. The summed E-state index contributed by atoms with van der Waals surface area (Å²) < 4.78 is 0. The highest BCUT2D eigenvalue weighted by molar-refractivity contribution is 7.09. The van der Waals surface area contributed by atoms with Gasteiger partial charge in [-0.2, -0.15) is 0 Å². The fourth-order valence-corrected chi connectivity index (χ4v) is 2.81. The van der Waals surface area contributed by atoms with Gasteiger partial charge in [-0.1, -0.05) is 29.8 Å². The van der Waals surface area contributed by atoms with Crippen molar-refractivity contribution in [1.29, 1.82) is 0 Å². The van der Waals surface area contributed by atoms with Gasteiger partial charge in [-0.15, -0.1) is 11.3 Å². The lowest BCUT2D eigenvalue weighted by Crippen LogP contribution is -2.42. The zero-order valence-electron chi connectivity index (χ0n) is 14.7. The Morgan fingerprint density at radius 1 is 1.28 bits per heavy atom. The minimum absolute atomic E-state index is 0.00652. The number of rotatable bonds is 6. The van der Waals surface area contributed by atoms with Gasteiger partial charge in [0.15, 0.2) is 5.96 Å². The third kappa shape index (κ3) is 6.40. The van der Waals surface area contributed by atoms with E-state index in [2.05, 4.69) is 21.7 Å². The first-order valence-corrected chi connectivity index (χ1v) is 9.21. The summed E-state index contributed by atoms with van der Waals surface area (Å²) in [7, 11) is 3.47. The number of carbonyl (C=O) groups excluding carboxylic acids is 1. The summed E-state index contributed by atoms with van der Waals surface area (Å²) in [4.78, 5) is 19.1.